The molecule has 0 spiro atoms. The summed E-state index contributed by atoms with van der Waals surface area (Å²) in [6.07, 6.45) is 1.42. The standard InChI is InChI=1S/C22H19Cl2N3O3S/c1-16-20(24)11-6-12-21(16)27(31(29,30)19-9-3-2-4-10-19)15-22(28)26-25-14-17-7-5-8-18(23)13-17/h2-14H,15H2,1H3,(H,26,28)/b25-14-. The van der Waals surface area contributed by atoms with Crippen LogP contribution < -0.4 is 9.73 Å². The molecule has 0 aliphatic rings. The Labute approximate surface area is 191 Å². The van der Waals surface area contributed by atoms with Crippen molar-refractivity contribution in [3.05, 3.63) is 94.0 Å². The predicted octanol–water partition coefficient (Wildman–Crippen LogP) is 4.65. The number of hydrogen-bond acceptors (Lipinski definition) is 4. The highest BCUT2D eigenvalue weighted by Gasteiger charge is 2.28. The van der Waals surface area contributed by atoms with Gasteiger partial charge in [0.2, 0.25) is 0 Å². The van der Waals surface area contributed by atoms with Crippen molar-refractivity contribution < 1.29 is 13.2 Å². The predicted molar refractivity (Wildman–Crippen MR) is 124 cm³/mol. The molecule has 0 saturated carbocycles. The molecule has 1 N–H and O–H groups in total. The van der Waals surface area contributed by atoms with E-state index in [4.69, 9.17) is 23.2 Å². The van der Waals surface area contributed by atoms with Crippen LogP contribution in [0.5, 0.6) is 0 Å². The van der Waals surface area contributed by atoms with Gasteiger partial charge < -0.3 is 0 Å². The Balaban J connectivity index is 1.88. The molecule has 0 heterocycles. The van der Waals surface area contributed by atoms with E-state index in [0.29, 0.717) is 26.9 Å². The first-order chi connectivity index (χ1) is 14.8. The topological polar surface area (TPSA) is 78.8 Å². The van der Waals surface area contributed by atoms with Crippen LogP contribution in [0.15, 0.2) is 82.8 Å². The van der Waals surface area contributed by atoms with Crippen molar-refractivity contribution >= 4 is 51.0 Å². The molecule has 3 aromatic carbocycles. The number of carbonyl (C=O) groups is 1. The van der Waals surface area contributed by atoms with E-state index in [1.165, 1.54) is 18.3 Å². The van der Waals surface area contributed by atoms with Gasteiger partial charge in [-0.1, -0.05) is 59.6 Å². The largest absolute Gasteiger partial charge is 0.271 e. The molecule has 0 radical (unpaired) electrons. The zero-order valence-electron chi connectivity index (χ0n) is 16.5. The van der Waals surface area contributed by atoms with Gasteiger partial charge in [0.25, 0.3) is 15.9 Å². The van der Waals surface area contributed by atoms with Crippen molar-refractivity contribution in [2.45, 2.75) is 11.8 Å². The number of sulfonamides is 1. The Morgan fingerprint density at radius 3 is 2.45 bits per heavy atom. The lowest BCUT2D eigenvalue weighted by molar-refractivity contribution is -0.119. The summed E-state index contributed by atoms with van der Waals surface area (Å²) in [4.78, 5) is 12.6. The van der Waals surface area contributed by atoms with Crippen LogP contribution in [0.2, 0.25) is 10.0 Å². The molecule has 160 valence electrons. The van der Waals surface area contributed by atoms with E-state index in [2.05, 4.69) is 10.5 Å². The third kappa shape index (κ3) is 5.64. The van der Waals surface area contributed by atoms with E-state index >= 15 is 0 Å². The van der Waals surface area contributed by atoms with Gasteiger partial charge in [0.15, 0.2) is 0 Å². The minimum Gasteiger partial charge on any atom is -0.271 e. The minimum atomic E-state index is -4.03. The maximum atomic E-state index is 13.3. The molecule has 3 aromatic rings. The van der Waals surface area contributed by atoms with Crippen molar-refractivity contribution in [3.8, 4) is 0 Å². The average Bonchev–Trinajstić information content (AvgIpc) is 2.75. The van der Waals surface area contributed by atoms with Gasteiger partial charge in [-0.15, -0.1) is 0 Å². The van der Waals surface area contributed by atoms with Gasteiger partial charge in [-0.25, -0.2) is 13.8 Å². The fraction of sp³-hybridized carbons (Fsp3) is 0.0909. The number of nitrogens with zero attached hydrogens (tertiary/aromatic N) is 2. The number of amides is 1. The maximum absolute atomic E-state index is 13.3. The molecule has 0 aliphatic heterocycles. The minimum absolute atomic E-state index is 0.0598. The van der Waals surface area contributed by atoms with Gasteiger partial charge in [0.1, 0.15) is 6.54 Å². The summed E-state index contributed by atoms with van der Waals surface area (Å²) in [5, 5.41) is 4.82. The molecule has 0 bridgehead atoms. The Bertz CT molecular complexity index is 1220. The smallest absolute Gasteiger partial charge is 0.264 e. The second-order valence-corrected chi connectivity index (χ2v) is 9.26. The summed E-state index contributed by atoms with van der Waals surface area (Å²) >= 11 is 12.1. The summed E-state index contributed by atoms with van der Waals surface area (Å²) in [6.45, 7) is 1.21. The fourth-order valence-corrected chi connectivity index (χ4v) is 4.68. The highest BCUT2D eigenvalue weighted by atomic mass is 35.5. The summed E-state index contributed by atoms with van der Waals surface area (Å²) in [5.41, 5.74) is 3.90. The second kappa shape index (κ2) is 9.96. The lowest BCUT2D eigenvalue weighted by atomic mass is 10.2. The van der Waals surface area contributed by atoms with Crippen molar-refractivity contribution in [1.29, 1.82) is 0 Å². The molecule has 31 heavy (non-hydrogen) atoms. The van der Waals surface area contributed by atoms with E-state index in [1.54, 1.807) is 67.6 Å². The summed E-state index contributed by atoms with van der Waals surface area (Å²) in [5.74, 6) is -0.614. The summed E-state index contributed by atoms with van der Waals surface area (Å²) in [6, 6.07) is 19.7. The fourth-order valence-electron chi connectivity index (χ4n) is 2.82. The Morgan fingerprint density at radius 2 is 1.74 bits per heavy atom. The van der Waals surface area contributed by atoms with Crippen LogP contribution in [0.3, 0.4) is 0 Å². The zero-order chi connectivity index (χ0) is 22.4. The molecule has 0 aliphatic carbocycles. The Kier molecular flexibility index (Phi) is 7.33. The highest BCUT2D eigenvalue weighted by Crippen LogP contribution is 2.30. The van der Waals surface area contributed by atoms with Gasteiger partial charge in [-0.05, 0) is 54.4 Å². The van der Waals surface area contributed by atoms with E-state index in [9.17, 15) is 13.2 Å². The molecular formula is C22H19Cl2N3O3S. The van der Waals surface area contributed by atoms with Crippen molar-refractivity contribution in [2.75, 3.05) is 10.8 Å². The van der Waals surface area contributed by atoms with Crippen LogP contribution in [0.25, 0.3) is 0 Å². The molecule has 0 unspecified atom stereocenters. The lowest BCUT2D eigenvalue weighted by Crippen LogP contribution is -2.40. The van der Waals surface area contributed by atoms with E-state index < -0.39 is 22.5 Å². The number of anilines is 1. The van der Waals surface area contributed by atoms with Crippen LogP contribution >= 0.6 is 23.2 Å². The molecule has 9 heteroatoms. The third-order valence-electron chi connectivity index (χ3n) is 4.38. The molecule has 6 nitrogen and oxygen atoms in total. The zero-order valence-corrected chi connectivity index (χ0v) is 18.8. The Morgan fingerprint density at radius 1 is 1.03 bits per heavy atom. The maximum Gasteiger partial charge on any atom is 0.264 e. The molecular weight excluding hydrogens is 457 g/mol. The Hall–Kier alpha value is -2.87. The molecule has 1 amide bonds. The number of benzene rings is 3. The van der Waals surface area contributed by atoms with Crippen molar-refractivity contribution in [2.24, 2.45) is 5.10 Å². The van der Waals surface area contributed by atoms with Crippen LogP contribution in [0.1, 0.15) is 11.1 Å². The number of hydrogen-bond donors (Lipinski definition) is 1. The number of halogens is 2. The van der Waals surface area contributed by atoms with Gasteiger partial charge in [0, 0.05) is 10.0 Å². The molecule has 0 saturated heterocycles. The SMILES string of the molecule is Cc1c(Cl)cccc1N(CC(=O)N/N=C\c1cccc(Cl)c1)S(=O)(=O)c1ccccc1. The number of hydrazone groups is 1. The number of carbonyl (C=O) groups excluding carboxylic acids is 1. The van der Waals surface area contributed by atoms with Crippen LogP contribution in [0.4, 0.5) is 5.69 Å². The molecule has 0 fully saturated rings. The second-order valence-electron chi connectivity index (χ2n) is 6.56. The van der Waals surface area contributed by atoms with E-state index in [0.717, 1.165) is 4.31 Å². The summed E-state index contributed by atoms with van der Waals surface area (Å²) < 4.78 is 27.7. The monoisotopic (exact) mass is 475 g/mol. The number of rotatable bonds is 7. The van der Waals surface area contributed by atoms with Gasteiger partial charge >= 0.3 is 0 Å². The third-order valence-corrected chi connectivity index (χ3v) is 6.80. The average molecular weight is 476 g/mol. The van der Waals surface area contributed by atoms with Gasteiger partial charge in [-0.2, -0.15) is 5.10 Å². The van der Waals surface area contributed by atoms with Crippen molar-refractivity contribution in [3.63, 3.8) is 0 Å². The van der Waals surface area contributed by atoms with E-state index in [1.807, 2.05) is 0 Å². The van der Waals surface area contributed by atoms with Crippen molar-refractivity contribution in [1.82, 2.24) is 5.43 Å². The lowest BCUT2D eigenvalue weighted by Gasteiger charge is -2.25. The molecule has 0 aromatic heterocycles. The molecule has 3 rings (SSSR count). The van der Waals surface area contributed by atoms with Crippen LogP contribution in [0, 0.1) is 6.92 Å². The van der Waals surface area contributed by atoms with Crippen LogP contribution in [-0.2, 0) is 14.8 Å². The first-order valence-electron chi connectivity index (χ1n) is 9.19. The molecule has 0 atom stereocenters. The highest BCUT2D eigenvalue weighted by molar-refractivity contribution is 7.92. The quantitative estimate of drug-likeness (QED) is 0.399. The first kappa shape index (κ1) is 22.8. The first-order valence-corrected chi connectivity index (χ1v) is 11.4. The summed E-state index contributed by atoms with van der Waals surface area (Å²) in [7, 11) is -4.03. The van der Waals surface area contributed by atoms with Crippen LogP contribution in [-0.4, -0.2) is 27.1 Å². The number of nitrogens with one attached hydrogen (secondary N) is 1. The van der Waals surface area contributed by atoms with Gasteiger partial charge in [-0.3, -0.25) is 9.10 Å². The normalized spacial score (nSPS) is 11.5. The van der Waals surface area contributed by atoms with Gasteiger partial charge in [0.05, 0.1) is 16.8 Å². The van der Waals surface area contributed by atoms with E-state index in [-0.39, 0.29) is 4.90 Å².